The van der Waals surface area contributed by atoms with Crippen molar-refractivity contribution >= 4 is 31.2 Å². The lowest BCUT2D eigenvalue weighted by atomic mass is 9.88. The van der Waals surface area contributed by atoms with E-state index in [1.54, 1.807) is 0 Å². The Kier molecular flexibility index (Phi) is 7.37. The molecule has 0 bridgehead atoms. The molecule has 0 spiro atoms. The van der Waals surface area contributed by atoms with Crippen LogP contribution in [-0.2, 0) is 9.53 Å². The van der Waals surface area contributed by atoms with Crippen LogP contribution in [0.1, 0.15) is 6.42 Å². The molecule has 5 nitrogen and oxygen atoms in total. The summed E-state index contributed by atoms with van der Waals surface area (Å²) in [5, 5.41) is 26.9. The standard InChI is InChI=1S/C8H16O5S2/c9-3-8(4-10,5-11)1-2-13-6(12)7(14)15/h7,9-11,14-15H,1-5H2. The predicted molar refractivity (Wildman–Crippen MR) is 61.0 cm³/mol. The number of thiol groups is 2. The molecule has 0 aliphatic rings. The van der Waals surface area contributed by atoms with Gasteiger partial charge in [-0.15, -0.1) is 0 Å². The Hall–Kier alpha value is 0.0500. The van der Waals surface area contributed by atoms with Gasteiger partial charge >= 0.3 is 5.97 Å². The summed E-state index contributed by atoms with van der Waals surface area (Å²) in [5.41, 5.74) is -1.01. The summed E-state index contributed by atoms with van der Waals surface area (Å²) in [7, 11) is 0. The van der Waals surface area contributed by atoms with Crippen molar-refractivity contribution in [3.05, 3.63) is 0 Å². The molecule has 0 atom stereocenters. The molecule has 0 heterocycles. The second-order valence-electron chi connectivity index (χ2n) is 3.27. The Balaban J connectivity index is 3.96. The first-order valence-corrected chi connectivity index (χ1v) is 5.40. The Labute approximate surface area is 99.3 Å². The third kappa shape index (κ3) is 5.07. The van der Waals surface area contributed by atoms with Gasteiger partial charge < -0.3 is 20.1 Å². The van der Waals surface area contributed by atoms with Gasteiger partial charge in [0.2, 0.25) is 0 Å². The predicted octanol–water partition coefficient (Wildman–Crippen LogP) is -0.931. The highest BCUT2D eigenvalue weighted by molar-refractivity contribution is 8.00. The number of aliphatic hydroxyl groups excluding tert-OH is 3. The molecule has 0 unspecified atom stereocenters. The lowest BCUT2D eigenvalue weighted by Crippen LogP contribution is -2.35. The Morgan fingerprint density at radius 3 is 2.00 bits per heavy atom. The molecule has 0 aromatic heterocycles. The van der Waals surface area contributed by atoms with Crippen molar-refractivity contribution in [2.75, 3.05) is 26.4 Å². The fourth-order valence-electron chi connectivity index (χ4n) is 0.830. The van der Waals surface area contributed by atoms with Gasteiger partial charge in [-0.3, -0.25) is 0 Å². The second kappa shape index (κ2) is 7.34. The zero-order valence-corrected chi connectivity index (χ0v) is 9.95. The summed E-state index contributed by atoms with van der Waals surface area (Å²) in [5.74, 6) is -0.593. The van der Waals surface area contributed by atoms with Crippen LogP contribution >= 0.6 is 25.3 Å². The van der Waals surface area contributed by atoms with Gasteiger partial charge in [0.05, 0.1) is 26.4 Å². The van der Waals surface area contributed by atoms with Crippen molar-refractivity contribution in [1.82, 2.24) is 0 Å². The van der Waals surface area contributed by atoms with Crippen molar-refractivity contribution < 1.29 is 24.9 Å². The van der Waals surface area contributed by atoms with E-state index < -0.39 is 16.0 Å². The van der Waals surface area contributed by atoms with Gasteiger partial charge in [0, 0.05) is 5.41 Å². The molecule has 0 amide bonds. The molecule has 0 aliphatic carbocycles. The van der Waals surface area contributed by atoms with Gasteiger partial charge in [0.25, 0.3) is 0 Å². The number of rotatable bonds is 7. The first kappa shape index (κ1) is 15.0. The molecular weight excluding hydrogens is 240 g/mol. The lowest BCUT2D eigenvalue weighted by molar-refractivity contribution is -0.142. The molecule has 0 aromatic carbocycles. The fourth-order valence-corrected chi connectivity index (χ4v) is 0.979. The van der Waals surface area contributed by atoms with E-state index in [4.69, 9.17) is 20.1 Å². The van der Waals surface area contributed by atoms with Gasteiger partial charge in [-0.05, 0) is 6.42 Å². The topological polar surface area (TPSA) is 87.0 Å². The zero-order chi connectivity index (χ0) is 11.9. The largest absolute Gasteiger partial charge is 0.464 e. The van der Waals surface area contributed by atoms with Crippen LogP contribution in [0.4, 0.5) is 0 Å². The lowest BCUT2D eigenvalue weighted by Gasteiger charge is -2.26. The van der Waals surface area contributed by atoms with E-state index in [-0.39, 0.29) is 32.8 Å². The second-order valence-corrected chi connectivity index (χ2v) is 4.71. The Morgan fingerprint density at radius 1 is 1.20 bits per heavy atom. The van der Waals surface area contributed by atoms with Crippen LogP contribution in [0.5, 0.6) is 0 Å². The first-order valence-electron chi connectivity index (χ1n) is 4.36. The molecule has 90 valence electrons. The number of esters is 1. The fraction of sp³-hybridized carbons (Fsp3) is 0.875. The number of hydrogen-bond acceptors (Lipinski definition) is 7. The van der Waals surface area contributed by atoms with Crippen molar-refractivity contribution in [3.63, 3.8) is 0 Å². The van der Waals surface area contributed by atoms with E-state index >= 15 is 0 Å². The van der Waals surface area contributed by atoms with E-state index in [9.17, 15) is 4.79 Å². The Bertz CT molecular complexity index is 185. The molecule has 0 saturated carbocycles. The minimum Gasteiger partial charge on any atom is -0.464 e. The maximum absolute atomic E-state index is 10.9. The molecule has 0 saturated heterocycles. The highest BCUT2D eigenvalue weighted by atomic mass is 32.2. The summed E-state index contributed by atoms with van der Waals surface area (Å²) in [4.78, 5) is 10.9. The number of carbonyl (C=O) groups is 1. The van der Waals surface area contributed by atoms with Crippen LogP contribution in [0.15, 0.2) is 0 Å². The number of ether oxygens (including phenoxy) is 1. The van der Waals surface area contributed by atoms with Crippen LogP contribution in [0.3, 0.4) is 0 Å². The number of hydrogen-bond donors (Lipinski definition) is 5. The maximum Gasteiger partial charge on any atom is 0.328 e. The number of carbonyl (C=O) groups excluding carboxylic acids is 1. The highest BCUT2D eigenvalue weighted by Crippen LogP contribution is 2.20. The molecule has 0 rings (SSSR count). The van der Waals surface area contributed by atoms with Crippen LogP contribution in [0.25, 0.3) is 0 Å². The molecule has 0 aromatic rings. The maximum atomic E-state index is 10.9. The van der Waals surface area contributed by atoms with Gasteiger partial charge in [0.1, 0.15) is 4.58 Å². The van der Waals surface area contributed by atoms with E-state index in [1.165, 1.54) is 0 Å². The van der Waals surface area contributed by atoms with Crippen molar-refractivity contribution in [1.29, 1.82) is 0 Å². The molecule has 0 aliphatic heterocycles. The minimum atomic E-state index is -1.01. The summed E-state index contributed by atoms with van der Waals surface area (Å²) in [6.45, 7) is -1.12. The summed E-state index contributed by atoms with van der Waals surface area (Å²) in [6, 6.07) is 0. The summed E-state index contributed by atoms with van der Waals surface area (Å²) < 4.78 is 3.93. The molecule has 7 heteroatoms. The van der Waals surface area contributed by atoms with Crippen molar-refractivity contribution in [2.24, 2.45) is 5.41 Å². The molecule has 3 N–H and O–H groups in total. The Morgan fingerprint density at radius 2 is 1.67 bits per heavy atom. The monoisotopic (exact) mass is 256 g/mol. The molecule has 15 heavy (non-hydrogen) atoms. The third-order valence-electron chi connectivity index (χ3n) is 2.09. The third-order valence-corrected chi connectivity index (χ3v) is 2.52. The zero-order valence-electron chi connectivity index (χ0n) is 8.17. The van der Waals surface area contributed by atoms with Gasteiger partial charge in [-0.1, -0.05) is 0 Å². The van der Waals surface area contributed by atoms with Crippen molar-refractivity contribution in [2.45, 2.75) is 11.0 Å². The van der Waals surface area contributed by atoms with Gasteiger partial charge in [-0.2, -0.15) is 25.3 Å². The SMILES string of the molecule is O=C(OCCC(CO)(CO)CO)C(S)S. The molecule has 0 radical (unpaired) electrons. The normalized spacial score (nSPS) is 11.9. The van der Waals surface area contributed by atoms with Gasteiger partial charge in [0.15, 0.2) is 0 Å². The smallest absolute Gasteiger partial charge is 0.328 e. The van der Waals surface area contributed by atoms with Crippen LogP contribution in [0, 0.1) is 5.41 Å². The summed E-state index contributed by atoms with van der Waals surface area (Å²) >= 11 is 7.50. The average Bonchev–Trinajstić information content (AvgIpc) is 2.24. The number of aliphatic hydroxyl groups is 3. The van der Waals surface area contributed by atoms with Gasteiger partial charge in [-0.25, -0.2) is 4.79 Å². The molecular formula is C8H16O5S2. The highest BCUT2D eigenvalue weighted by Gasteiger charge is 2.28. The first-order chi connectivity index (χ1) is 7.01. The van der Waals surface area contributed by atoms with Crippen LogP contribution in [0.2, 0.25) is 0 Å². The van der Waals surface area contributed by atoms with E-state index in [0.717, 1.165) is 0 Å². The molecule has 0 fully saturated rings. The van der Waals surface area contributed by atoms with E-state index in [0.29, 0.717) is 0 Å². The minimum absolute atomic E-state index is 0.00185. The van der Waals surface area contributed by atoms with E-state index in [2.05, 4.69) is 25.3 Å². The van der Waals surface area contributed by atoms with Crippen molar-refractivity contribution in [3.8, 4) is 0 Å². The van der Waals surface area contributed by atoms with Crippen LogP contribution in [-0.4, -0.2) is 52.3 Å². The summed E-state index contributed by atoms with van der Waals surface area (Å²) in [6.07, 6.45) is 0.177. The van der Waals surface area contributed by atoms with Crippen LogP contribution < -0.4 is 0 Å². The quantitative estimate of drug-likeness (QED) is 0.231. The van der Waals surface area contributed by atoms with E-state index in [1.807, 2.05) is 0 Å². The average molecular weight is 256 g/mol.